The van der Waals surface area contributed by atoms with Crippen LogP contribution in [-0.2, 0) is 11.4 Å². The van der Waals surface area contributed by atoms with Crippen molar-refractivity contribution in [1.82, 2.24) is 20.3 Å². The second-order valence-electron chi connectivity index (χ2n) is 8.71. The van der Waals surface area contributed by atoms with Crippen molar-refractivity contribution in [1.29, 1.82) is 0 Å². The molecule has 8 nitrogen and oxygen atoms in total. The molecule has 34 heavy (non-hydrogen) atoms. The molecule has 1 aliphatic heterocycles. The predicted molar refractivity (Wildman–Crippen MR) is 130 cm³/mol. The quantitative estimate of drug-likeness (QED) is 0.550. The summed E-state index contributed by atoms with van der Waals surface area (Å²) in [5.74, 6) is 1.23. The van der Waals surface area contributed by atoms with Gasteiger partial charge in [0, 0.05) is 32.7 Å². The lowest BCUT2D eigenvalue weighted by atomic mass is 10.0. The Labute approximate surface area is 199 Å². The summed E-state index contributed by atoms with van der Waals surface area (Å²) < 4.78 is 11.4. The summed E-state index contributed by atoms with van der Waals surface area (Å²) in [7, 11) is 0. The van der Waals surface area contributed by atoms with Crippen LogP contribution in [0.3, 0.4) is 0 Å². The number of fused-ring (bicyclic) bond motifs is 1. The maximum Gasteiger partial charge on any atom is 0.257 e. The average molecular weight is 465 g/mol. The Morgan fingerprint density at radius 2 is 1.79 bits per heavy atom. The summed E-state index contributed by atoms with van der Waals surface area (Å²) in [6.07, 6.45) is 0.917. The first-order chi connectivity index (χ1) is 16.5. The standard InChI is InChI=1S/C26H32N4O4/c1-4-9-27-25(31)16-29-10-12-30(13-11-29)26(32)22-14-20-7-5-6-8-21(20)15-24(22)33-17-23-18(2)28-34-19(23)3/h5-8,14-15H,4,9-13,16-17H2,1-3H3,(H,27,31). The molecular weight excluding hydrogens is 432 g/mol. The van der Waals surface area contributed by atoms with E-state index in [4.69, 9.17) is 9.26 Å². The average Bonchev–Trinajstić information content (AvgIpc) is 3.17. The number of rotatable bonds is 8. The highest BCUT2D eigenvalue weighted by atomic mass is 16.5. The second-order valence-corrected chi connectivity index (χ2v) is 8.71. The van der Waals surface area contributed by atoms with Gasteiger partial charge in [0.05, 0.1) is 23.4 Å². The molecule has 0 radical (unpaired) electrons. The van der Waals surface area contributed by atoms with E-state index >= 15 is 0 Å². The largest absolute Gasteiger partial charge is 0.488 e. The van der Waals surface area contributed by atoms with Crippen molar-refractivity contribution in [2.75, 3.05) is 39.3 Å². The van der Waals surface area contributed by atoms with Crippen LogP contribution in [0.15, 0.2) is 40.9 Å². The van der Waals surface area contributed by atoms with Gasteiger partial charge in [0.25, 0.3) is 5.91 Å². The Bertz CT molecular complexity index is 1150. The number of benzene rings is 2. The van der Waals surface area contributed by atoms with Gasteiger partial charge < -0.3 is 19.5 Å². The summed E-state index contributed by atoms with van der Waals surface area (Å²) >= 11 is 0. The number of aromatic nitrogens is 1. The monoisotopic (exact) mass is 464 g/mol. The van der Waals surface area contributed by atoms with Crippen LogP contribution in [0, 0.1) is 13.8 Å². The van der Waals surface area contributed by atoms with Crippen molar-refractivity contribution >= 4 is 22.6 Å². The normalized spacial score (nSPS) is 14.4. The molecule has 1 saturated heterocycles. The van der Waals surface area contributed by atoms with Gasteiger partial charge in [-0.05, 0) is 43.2 Å². The summed E-state index contributed by atoms with van der Waals surface area (Å²) in [5.41, 5.74) is 2.21. The van der Waals surface area contributed by atoms with E-state index in [1.165, 1.54) is 0 Å². The van der Waals surface area contributed by atoms with Gasteiger partial charge in [-0.25, -0.2) is 0 Å². The Balaban J connectivity index is 1.49. The van der Waals surface area contributed by atoms with Crippen molar-refractivity contribution < 1.29 is 18.8 Å². The summed E-state index contributed by atoms with van der Waals surface area (Å²) in [6, 6.07) is 11.8. The fourth-order valence-electron chi connectivity index (χ4n) is 4.17. The van der Waals surface area contributed by atoms with E-state index in [1.807, 2.05) is 62.1 Å². The number of hydrogen-bond donors (Lipinski definition) is 1. The van der Waals surface area contributed by atoms with E-state index in [0.29, 0.717) is 56.3 Å². The molecule has 0 bridgehead atoms. The van der Waals surface area contributed by atoms with Crippen LogP contribution >= 0.6 is 0 Å². The first-order valence-electron chi connectivity index (χ1n) is 11.8. The zero-order valence-corrected chi connectivity index (χ0v) is 20.1. The molecule has 1 fully saturated rings. The number of ether oxygens (including phenoxy) is 1. The van der Waals surface area contributed by atoms with Gasteiger partial charge >= 0.3 is 0 Å². The molecule has 2 heterocycles. The first kappa shape index (κ1) is 23.8. The number of carbonyl (C=O) groups is 2. The highest BCUT2D eigenvalue weighted by Crippen LogP contribution is 2.29. The summed E-state index contributed by atoms with van der Waals surface area (Å²) in [5, 5.41) is 8.90. The van der Waals surface area contributed by atoms with Crippen LogP contribution in [0.4, 0.5) is 0 Å². The van der Waals surface area contributed by atoms with Gasteiger partial charge in [0.2, 0.25) is 5.91 Å². The molecule has 180 valence electrons. The zero-order chi connectivity index (χ0) is 24.1. The minimum atomic E-state index is -0.0606. The summed E-state index contributed by atoms with van der Waals surface area (Å²) in [6.45, 7) is 9.55. The first-order valence-corrected chi connectivity index (χ1v) is 11.8. The lowest BCUT2D eigenvalue weighted by molar-refractivity contribution is -0.122. The van der Waals surface area contributed by atoms with Gasteiger partial charge in [-0.2, -0.15) is 0 Å². The topological polar surface area (TPSA) is 87.9 Å². The molecule has 0 saturated carbocycles. The molecule has 1 N–H and O–H groups in total. The van der Waals surface area contributed by atoms with Gasteiger partial charge in [-0.15, -0.1) is 0 Å². The molecule has 2 amide bonds. The van der Waals surface area contributed by atoms with Crippen molar-refractivity contribution in [2.45, 2.75) is 33.8 Å². The maximum atomic E-state index is 13.5. The highest BCUT2D eigenvalue weighted by molar-refractivity contribution is 6.01. The van der Waals surface area contributed by atoms with Crippen molar-refractivity contribution in [3.63, 3.8) is 0 Å². The van der Waals surface area contributed by atoms with Crippen LogP contribution in [0.25, 0.3) is 10.8 Å². The third-order valence-electron chi connectivity index (χ3n) is 6.23. The fourth-order valence-corrected chi connectivity index (χ4v) is 4.17. The Morgan fingerprint density at radius 3 is 2.44 bits per heavy atom. The Hall–Kier alpha value is -3.39. The number of nitrogens with one attached hydrogen (secondary N) is 1. The molecule has 8 heteroatoms. The van der Waals surface area contributed by atoms with E-state index in [1.54, 1.807) is 0 Å². The van der Waals surface area contributed by atoms with Crippen LogP contribution in [0.2, 0.25) is 0 Å². The van der Waals surface area contributed by atoms with Crippen LogP contribution in [-0.4, -0.2) is 66.0 Å². The van der Waals surface area contributed by atoms with E-state index in [9.17, 15) is 9.59 Å². The molecular formula is C26H32N4O4. The van der Waals surface area contributed by atoms with Gasteiger partial charge in [0.1, 0.15) is 18.1 Å². The third-order valence-corrected chi connectivity index (χ3v) is 6.23. The minimum Gasteiger partial charge on any atom is -0.488 e. The molecule has 4 rings (SSSR count). The van der Waals surface area contributed by atoms with E-state index in [0.717, 1.165) is 28.5 Å². The lowest BCUT2D eigenvalue weighted by Gasteiger charge is -2.34. The van der Waals surface area contributed by atoms with Gasteiger partial charge in [-0.1, -0.05) is 36.3 Å². The van der Waals surface area contributed by atoms with Gasteiger partial charge in [-0.3, -0.25) is 14.5 Å². The molecule has 2 aromatic carbocycles. The molecule has 1 aliphatic rings. The molecule has 1 aromatic heterocycles. The number of carbonyl (C=O) groups excluding carboxylic acids is 2. The van der Waals surface area contributed by atoms with Crippen molar-refractivity contribution in [3.05, 3.63) is 59.0 Å². The smallest absolute Gasteiger partial charge is 0.257 e. The fraction of sp³-hybridized carbons (Fsp3) is 0.423. The number of piperazine rings is 1. The van der Waals surface area contributed by atoms with Gasteiger partial charge in [0.15, 0.2) is 0 Å². The number of nitrogens with zero attached hydrogens (tertiary/aromatic N) is 3. The molecule has 0 unspecified atom stereocenters. The van der Waals surface area contributed by atoms with Crippen LogP contribution in [0.5, 0.6) is 5.75 Å². The van der Waals surface area contributed by atoms with Crippen LogP contribution in [0.1, 0.15) is 40.7 Å². The van der Waals surface area contributed by atoms with Crippen molar-refractivity contribution in [3.8, 4) is 5.75 Å². The summed E-state index contributed by atoms with van der Waals surface area (Å²) in [4.78, 5) is 29.5. The highest BCUT2D eigenvalue weighted by Gasteiger charge is 2.26. The molecule has 0 aliphatic carbocycles. The molecule has 0 spiro atoms. The predicted octanol–water partition coefficient (Wildman–Crippen LogP) is 3.31. The molecule has 0 atom stereocenters. The minimum absolute atomic E-state index is 0.0335. The SMILES string of the molecule is CCCNC(=O)CN1CCN(C(=O)c2cc3ccccc3cc2OCc2c(C)noc2C)CC1. The number of aryl methyl sites for hydroxylation is 2. The Morgan fingerprint density at radius 1 is 1.09 bits per heavy atom. The van der Waals surface area contributed by atoms with E-state index < -0.39 is 0 Å². The Kier molecular flexibility index (Phi) is 7.47. The third kappa shape index (κ3) is 5.39. The van der Waals surface area contributed by atoms with E-state index in [-0.39, 0.29) is 18.4 Å². The lowest BCUT2D eigenvalue weighted by Crippen LogP contribution is -2.51. The maximum absolute atomic E-state index is 13.5. The molecule has 3 aromatic rings. The number of hydrogen-bond acceptors (Lipinski definition) is 6. The zero-order valence-electron chi connectivity index (χ0n) is 20.1. The van der Waals surface area contributed by atoms with Crippen molar-refractivity contribution in [2.24, 2.45) is 0 Å². The van der Waals surface area contributed by atoms with E-state index in [2.05, 4.69) is 15.4 Å². The second kappa shape index (κ2) is 10.7. The number of amides is 2. The van der Waals surface area contributed by atoms with Crippen LogP contribution < -0.4 is 10.1 Å².